The minimum absolute atomic E-state index is 0.156. The van der Waals surface area contributed by atoms with Crippen molar-refractivity contribution in [3.05, 3.63) is 28.2 Å². The van der Waals surface area contributed by atoms with Gasteiger partial charge in [-0.1, -0.05) is 0 Å². The molecule has 120 valence electrons. The number of phenols is 2. The Kier molecular flexibility index (Phi) is 4.81. The van der Waals surface area contributed by atoms with Gasteiger partial charge in [0.1, 0.15) is 11.8 Å². The molecule has 23 heavy (non-hydrogen) atoms. The van der Waals surface area contributed by atoms with E-state index >= 15 is 0 Å². The first-order valence-electron chi connectivity index (χ1n) is 7.02. The van der Waals surface area contributed by atoms with Gasteiger partial charge in [-0.05, 0) is 36.6 Å². The van der Waals surface area contributed by atoms with E-state index in [-0.39, 0.29) is 5.56 Å². The number of carbonyl (C=O) groups excluding carboxylic acids is 1. The molecule has 1 amide bonds. The normalized spacial score (nSPS) is 15.5. The van der Waals surface area contributed by atoms with Gasteiger partial charge in [0, 0.05) is 18.7 Å². The van der Waals surface area contributed by atoms with Crippen LogP contribution in [0.15, 0.2) is 22.9 Å². The fourth-order valence-corrected chi connectivity index (χ4v) is 2.41. The van der Waals surface area contributed by atoms with E-state index in [1.807, 2.05) is 0 Å². The highest BCUT2D eigenvalue weighted by Gasteiger charge is 2.25. The van der Waals surface area contributed by atoms with Crippen molar-refractivity contribution in [3.63, 3.8) is 0 Å². The summed E-state index contributed by atoms with van der Waals surface area (Å²) in [6.45, 7) is 0.999. The highest BCUT2D eigenvalue weighted by Crippen LogP contribution is 2.38. The molecule has 0 saturated carbocycles. The fourth-order valence-electron chi connectivity index (χ4n) is 2.41. The van der Waals surface area contributed by atoms with Crippen molar-refractivity contribution in [2.75, 3.05) is 13.1 Å². The molecule has 1 fully saturated rings. The third kappa shape index (κ3) is 3.23. The van der Waals surface area contributed by atoms with Crippen LogP contribution in [0.25, 0.3) is 5.76 Å². The number of nitroso groups, excluding NO2 is 1. The van der Waals surface area contributed by atoms with E-state index in [9.17, 15) is 30.3 Å². The minimum Gasteiger partial charge on any atom is -0.506 e. The van der Waals surface area contributed by atoms with Crippen molar-refractivity contribution in [2.45, 2.75) is 19.3 Å². The average Bonchev–Trinajstić information content (AvgIpc) is 2.58. The van der Waals surface area contributed by atoms with Crippen LogP contribution >= 0.6 is 0 Å². The summed E-state index contributed by atoms with van der Waals surface area (Å²) in [5, 5.41) is 40.9. The Hall–Kier alpha value is -3.08. The molecule has 2 rings (SSSR count). The van der Waals surface area contributed by atoms with Crippen molar-refractivity contribution in [1.82, 2.24) is 4.90 Å². The summed E-state index contributed by atoms with van der Waals surface area (Å²) in [7, 11) is 0. The van der Waals surface area contributed by atoms with Crippen molar-refractivity contribution in [1.29, 1.82) is 5.26 Å². The van der Waals surface area contributed by atoms with Gasteiger partial charge in [0.05, 0.1) is 0 Å². The number of benzene rings is 1. The summed E-state index contributed by atoms with van der Waals surface area (Å²) in [5.74, 6) is -2.72. The lowest BCUT2D eigenvalue weighted by Gasteiger charge is -2.26. The molecule has 0 aliphatic carbocycles. The molecule has 0 spiro atoms. The zero-order chi connectivity index (χ0) is 17.0. The number of aliphatic hydroxyl groups is 1. The Balaban J connectivity index is 2.45. The Bertz CT molecular complexity index is 715. The van der Waals surface area contributed by atoms with Gasteiger partial charge in [-0.3, -0.25) is 4.79 Å². The monoisotopic (exact) mass is 317 g/mol. The number of nitrogens with zero attached hydrogens (tertiary/aromatic N) is 3. The van der Waals surface area contributed by atoms with Crippen molar-refractivity contribution in [3.8, 4) is 17.6 Å². The van der Waals surface area contributed by atoms with Crippen LogP contribution in [-0.4, -0.2) is 39.2 Å². The lowest BCUT2D eigenvalue weighted by molar-refractivity contribution is -0.127. The van der Waals surface area contributed by atoms with Gasteiger partial charge in [0.15, 0.2) is 22.8 Å². The smallest absolute Gasteiger partial charge is 0.268 e. The fraction of sp³-hybridized carbons (Fsp3) is 0.333. The van der Waals surface area contributed by atoms with Crippen molar-refractivity contribution in [2.24, 2.45) is 5.18 Å². The van der Waals surface area contributed by atoms with Crippen LogP contribution in [0.2, 0.25) is 0 Å². The lowest BCUT2D eigenvalue weighted by atomic mass is 10.0. The van der Waals surface area contributed by atoms with E-state index in [1.165, 1.54) is 4.90 Å². The first-order chi connectivity index (χ1) is 11.0. The number of carbonyl (C=O) groups is 1. The number of piperidine rings is 1. The average molecular weight is 317 g/mol. The quantitative estimate of drug-likeness (QED) is 0.257. The minimum atomic E-state index is -0.739. The Morgan fingerprint density at radius 1 is 1.22 bits per heavy atom. The number of aromatic hydroxyl groups is 2. The van der Waals surface area contributed by atoms with E-state index < -0.39 is 34.4 Å². The third-order valence-corrected chi connectivity index (χ3v) is 3.65. The van der Waals surface area contributed by atoms with Gasteiger partial charge in [-0.25, -0.2) is 0 Å². The predicted molar refractivity (Wildman–Crippen MR) is 80.8 cm³/mol. The Labute approximate surface area is 131 Å². The van der Waals surface area contributed by atoms with E-state index in [2.05, 4.69) is 5.18 Å². The second-order valence-electron chi connectivity index (χ2n) is 5.14. The number of rotatable bonds is 3. The van der Waals surface area contributed by atoms with Crippen LogP contribution < -0.4 is 0 Å². The number of hydrogen-bond acceptors (Lipinski definition) is 7. The van der Waals surface area contributed by atoms with Crippen molar-refractivity contribution < 1.29 is 20.1 Å². The molecule has 3 N–H and O–H groups in total. The molecule has 0 atom stereocenters. The number of nitriles is 1. The molecular weight excluding hydrogens is 302 g/mol. The topological polar surface area (TPSA) is 134 Å². The number of hydrogen-bond donors (Lipinski definition) is 3. The molecule has 0 unspecified atom stereocenters. The van der Waals surface area contributed by atoms with Crippen LogP contribution in [0.5, 0.6) is 11.5 Å². The first kappa shape index (κ1) is 16.3. The second kappa shape index (κ2) is 6.79. The Morgan fingerprint density at radius 2 is 1.87 bits per heavy atom. The molecule has 0 aromatic heterocycles. The summed E-state index contributed by atoms with van der Waals surface area (Å²) in [5.41, 5.74) is -1.15. The third-order valence-electron chi connectivity index (χ3n) is 3.65. The molecule has 1 aromatic rings. The van der Waals surface area contributed by atoms with Crippen LogP contribution in [0.4, 0.5) is 5.69 Å². The number of phenolic OH excluding ortho intramolecular Hbond substituents is 2. The van der Waals surface area contributed by atoms with E-state index in [4.69, 9.17) is 0 Å². The van der Waals surface area contributed by atoms with Crippen LogP contribution in [0, 0.1) is 16.2 Å². The molecular formula is C15H15N3O5. The number of amides is 1. The second-order valence-corrected chi connectivity index (χ2v) is 5.14. The van der Waals surface area contributed by atoms with Gasteiger partial charge < -0.3 is 20.2 Å². The SMILES string of the molecule is N#C/C(C(=O)N1CCCCC1)=C(/O)c1cc(O)c(O)c(N=O)c1. The molecule has 1 aliphatic heterocycles. The highest BCUT2D eigenvalue weighted by molar-refractivity contribution is 6.03. The summed E-state index contributed by atoms with van der Waals surface area (Å²) in [4.78, 5) is 24.4. The van der Waals surface area contributed by atoms with Gasteiger partial charge in [0.2, 0.25) is 0 Å². The van der Waals surface area contributed by atoms with E-state index in [0.717, 1.165) is 31.4 Å². The van der Waals surface area contributed by atoms with E-state index in [1.54, 1.807) is 6.07 Å². The maximum atomic E-state index is 12.3. The molecule has 8 nitrogen and oxygen atoms in total. The van der Waals surface area contributed by atoms with Crippen LogP contribution in [0.1, 0.15) is 24.8 Å². The van der Waals surface area contributed by atoms with Gasteiger partial charge >= 0.3 is 0 Å². The highest BCUT2D eigenvalue weighted by atomic mass is 16.3. The molecule has 8 heteroatoms. The molecule has 1 heterocycles. The van der Waals surface area contributed by atoms with E-state index in [0.29, 0.717) is 13.1 Å². The maximum Gasteiger partial charge on any atom is 0.268 e. The standard InChI is InChI=1S/C15H15N3O5/c16-8-10(15(22)18-4-2-1-3-5-18)13(20)9-6-11(17-23)14(21)12(19)7-9/h6-7,19-21H,1-5H2/b13-10-. The van der Waals surface area contributed by atoms with Gasteiger partial charge in [0.25, 0.3) is 5.91 Å². The summed E-state index contributed by atoms with van der Waals surface area (Å²) >= 11 is 0. The molecule has 1 aromatic carbocycles. The zero-order valence-electron chi connectivity index (χ0n) is 12.2. The number of likely N-dealkylation sites (tertiary alicyclic amines) is 1. The number of aliphatic hydroxyl groups excluding tert-OH is 1. The van der Waals surface area contributed by atoms with Gasteiger partial charge in [-0.15, -0.1) is 4.91 Å². The zero-order valence-corrected chi connectivity index (χ0v) is 12.2. The lowest BCUT2D eigenvalue weighted by Crippen LogP contribution is -2.36. The molecule has 0 radical (unpaired) electrons. The van der Waals surface area contributed by atoms with Crippen LogP contribution in [-0.2, 0) is 4.79 Å². The molecule has 1 saturated heterocycles. The molecule has 1 aliphatic rings. The van der Waals surface area contributed by atoms with Crippen LogP contribution in [0.3, 0.4) is 0 Å². The predicted octanol–water partition coefficient (Wildman–Crippen LogP) is 2.30. The first-order valence-corrected chi connectivity index (χ1v) is 7.02. The Morgan fingerprint density at radius 3 is 2.43 bits per heavy atom. The maximum absolute atomic E-state index is 12.3. The summed E-state index contributed by atoms with van der Waals surface area (Å²) < 4.78 is 0. The summed E-state index contributed by atoms with van der Waals surface area (Å²) in [6, 6.07) is 3.58. The van der Waals surface area contributed by atoms with Gasteiger partial charge in [-0.2, -0.15) is 5.26 Å². The van der Waals surface area contributed by atoms with Crippen molar-refractivity contribution >= 4 is 17.4 Å². The molecule has 0 bridgehead atoms. The summed E-state index contributed by atoms with van der Waals surface area (Å²) in [6.07, 6.45) is 2.65. The largest absolute Gasteiger partial charge is 0.506 e.